The number of hydrogen-bond donors (Lipinski definition) is 1. The van der Waals surface area contributed by atoms with E-state index in [4.69, 9.17) is 10.4 Å². The largest absolute Gasteiger partial charge is 0.374 e. The lowest BCUT2D eigenvalue weighted by Crippen LogP contribution is -1.95. The highest BCUT2D eigenvalue weighted by Crippen LogP contribution is 2.18. The predicted molar refractivity (Wildman–Crippen MR) is 55.0 cm³/mol. The molecule has 0 aliphatic carbocycles. The van der Waals surface area contributed by atoms with E-state index in [0.717, 1.165) is 0 Å². The Labute approximate surface area is 87.7 Å². The van der Waals surface area contributed by atoms with Gasteiger partial charge in [0.15, 0.2) is 6.10 Å². The van der Waals surface area contributed by atoms with Gasteiger partial charge in [-0.2, -0.15) is 5.26 Å². The summed E-state index contributed by atoms with van der Waals surface area (Å²) in [6.45, 7) is 4.00. The highest BCUT2D eigenvalue weighted by Gasteiger charge is 2.10. The first-order valence-electron chi connectivity index (χ1n) is 4.47. The van der Waals surface area contributed by atoms with Crippen LogP contribution in [0.1, 0.15) is 25.5 Å². The molecule has 0 aromatic heterocycles. The normalized spacial score (nSPS) is 10.5. The van der Waals surface area contributed by atoms with Crippen LogP contribution in [0.3, 0.4) is 0 Å². The molecule has 1 atom stereocenters. The average molecular weight is 208 g/mol. The number of hydrogen-bond acceptors (Lipinski definition) is 4. The molecule has 0 amide bonds. The van der Waals surface area contributed by atoms with Gasteiger partial charge in [-0.1, -0.05) is 26.0 Å². The van der Waals surface area contributed by atoms with Crippen molar-refractivity contribution in [3.8, 4) is 6.07 Å². The third-order valence-corrected chi connectivity index (χ3v) is 1.52. The summed E-state index contributed by atoms with van der Waals surface area (Å²) < 4.78 is 0. The second-order valence-electron chi connectivity index (χ2n) is 2.38. The minimum absolute atomic E-state index is 0.133. The molecular weight excluding hydrogens is 196 g/mol. The summed E-state index contributed by atoms with van der Waals surface area (Å²) in [7, 11) is 0. The number of nitro groups is 1. The number of aliphatic hydroxyl groups excluding tert-OH is 1. The average Bonchev–Trinajstić information content (AvgIpc) is 2.30. The molecule has 0 aliphatic heterocycles. The minimum atomic E-state index is -1.31. The number of nitrogens with zero attached hydrogens (tertiary/aromatic N) is 2. The van der Waals surface area contributed by atoms with E-state index in [9.17, 15) is 10.1 Å². The maximum Gasteiger partial charge on any atom is 0.269 e. The zero-order chi connectivity index (χ0) is 11.8. The van der Waals surface area contributed by atoms with Gasteiger partial charge in [0, 0.05) is 17.7 Å². The number of benzene rings is 1. The molecule has 1 rings (SSSR count). The molecule has 0 saturated carbocycles. The fourth-order valence-corrected chi connectivity index (χ4v) is 0.883. The van der Waals surface area contributed by atoms with Crippen molar-refractivity contribution in [2.75, 3.05) is 0 Å². The van der Waals surface area contributed by atoms with E-state index in [2.05, 4.69) is 0 Å². The first-order chi connectivity index (χ1) is 7.15. The van der Waals surface area contributed by atoms with Crippen LogP contribution in [0.4, 0.5) is 5.69 Å². The van der Waals surface area contributed by atoms with Crippen molar-refractivity contribution in [3.63, 3.8) is 0 Å². The van der Waals surface area contributed by atoms with Crippen LogP contribution in [0.5, 0.6) is 0 Å². The lowest BCUT2D eigenvalue weighted by atomic mass is 10.1. The molecule has 0 heterocycles. The first kappa shape index (κ1) is 13.1. The summed E-state index contributed by atoms with van der Waals surface area (Å²) in [5.74, 6) is 0. The highest BCUT2D eigenvalue weighted by molar-refractivity contribution is 5.36. The molecular formula is C10H12N2O3. The van der Waals surface area contributed by atoms with Crippen LogP contribution in [0.2, 0.25) is 0 Å². The Hall–Kier alpha value is -1.93. The maximum atomic E-state index is 10.3. The Balaban J connectivity index is 0.000000921. The maximum absolute atomic E-state index is 10.3. The van der Waals surface area contributed by atoms with Crippen molar-refractivity contribution in [2.24, 2.45) is 0 Å². The quantitative estimate of drug-likeness (QED) is 0.458. The van der Waals surface area contributed by atoms with Crippen LogP contribution < -0.4 is 0 Å². The van der Waals surface area contributed by atoms with Crippen LogP contribution in [0.15, 0.2) is 24.3 Å². The van der Waals surface area contributed by atoms with Crippen LogP contribution >= 0.6 is 0 Å². The van der Waals surface area contributed by atoms with Crippen LogP contribution in [0, 0.1) is 21.4 Å². The van der Waals surface area contributed by atoms with Gasteiger partial charge in [0.25, 0.3) is 5.69 Å². The van der Waals surface area contributed by atoms with Crippen molar-refractivity contribution in [3.05, 3.63) is 39.9 Å². The van der Waals surface area contributed by atoms with E-state index in [1.807, 2.05) is 13.8 Å². The van der Waals surface area contributed by atoms with E-state index < -0.39 is 11.0 Å². The van der Waals surface area contributed by atoms with E-state index in [1.54, 1.807) is 6.07 Å². The smallest absolute Gasteiger partial charge is 0.269 e. The first-order valence-corrected chi connectivity index (χ1v) is 4.47. The Morgan fingerprint density at radius 1 is 1.53 bits per heavy atom. The van der Waals surface area contributed by atoms with Crippen molar-refractivity contribution >= 4 is 5.69 Å². The van der Waals surface area contributed by atoms with Gasteiger partial charge in [-0.05, 0) is 0 Å². The topological polar surface area (TPSA) is 87.2 Å². The van der Waals surface area contributed by atoms with Crippen molar-refractivity contribution in [1.29, 1.82) is 5.26 Å². The van der Waals surface area contributed by atoms with E-state index in [-0.39, 0.29) is 11.3 Å². The summed E-state index contributed by atoms with van der Waals surface area (Å²) in [6.07, 6.45) is -1.31. The molecule has 1 aromatic carbocycles. The molecule has 0 spiro atoms. The predicted octanol–water partition coefficient (Wildman–Crippen LogP) is 2.18. The Morgan fingerprint density at radius 3 is 2.60 bits per heavy atom. The van der Waals surface area contributed by atoms with Crippen molar-refractivity contribution < 1.29 is 10.0 Å². The van der Waals surface area contributed by atoms with Gasteiger partial charge >= 0.3 is 0 Å². The second-order valence-corrected chi connectivity index (χ2v) is 2.38. The molecule has 5 heteroatoms. The molecule has 15 heavy (non-hydrogen) atoms. The summed E-state index contributed by atoms with van der Waals surface area (Å²) in [5.41, 5.74) is 0.100. The van der Waals surface area contributed by atoms with Gasteiger partial charge in [0.2, 0.25) is 0 Å². The van der Waals surface area contributed by atoms with E-state index in [0.29, 0.717) is 0 Å². The van der Waals surface area contributed by atoms with Gasteiger partial charge in [0.1, 0.15) is 0 Å². The molecule has 0 bridgehead atoms. The summed E-state index contributed by atoms with van der Waals surface area (Å²) >= 11 is 0. The van der Waals surface area contributed by atoms with Gasteiger partial charge < -0.3 is 5.11 Å². The number of nitriles is 1. The standard InChI is InChI=1S/C8H6N2O3.C2H6/c9-5-8(11)6-2-1-3-7(4-6)10(12)13;1-2/h1-4,8,11H;1-2H3. The molecule has 1 N–H and O–H groups in total. The zero-order valence-electron chi connectivity index (χ0n) is 8.54. The zero-order valence-corrected chi connectivity index (χ0v) is 8.54. The van der Waals surface area contributed by atoms with Crippen LogP contribution in [-0.2, 0) is 0 Å². The third kappa shape index (κ3) is 3.75. The third-order valence-electron chi connectivity index (χ3n) is 1.52. The van der Waals surface area contributed by atoms with Gasteiger partial charge in [-0.3, -0.25) is 10.1 Å². The van der Waals surface area contributed by atoms with Crippen molar-refractivity contribution in [2.45, 2.75) is 20.0 Å². The number of non-ortho nitro benzene ring substituents is 1. The molecule has 0 saturated heterocycles. The molecule has 0 radical (unpaired) electrons. The van der Waals surface area contributed by atoms with Crippen molar-refractivity contribution in [1.82, 2.24) is 0 Å². The van der Waals surface area contributed by atoms with E-state index in [1.165, 1.54) is 24.3 Å². The van der Waals surface area contributed by atoms with Crippen LogP contribution in [0.25, 0.3) is 0 Å². The molecule has 0 fully saturated rings. The Kier molecular flexibility index (Phi) is 5.67. The van der Waals surface area contributed by atoms with Gasteiger partial charge in [-0.25, -0.2) is 0 Å². The SMILES string of the molecule is CC.N#CC(O)c1cccc([N+](=O)[O-])c1. The van der Waals surface area contributed by atoms with Gasteiger partial charge in [-0.15, -0.1) is 0 Å². The molecule has 1 aromatic rings. The monoisotopic (exact) mass is 208 g/mol. The fraction of sp³-hybridized carbons (Fsp3) is 0.300. The Morgan fingerprint density at radius 2 is 2.13 bits per heavy atom. The summed E-state index contributed by atoms with van der Waals surface area (Å²) in [5, 5.41) is 27.7. The summed E-state index contributed by atoms with van der Waals surface area (Å²) in [4.78, 5) is 9.73. The molecule has 1 unspecified atom stereocenters. The molecule has 5 nitrogen and oxygen atoms in total. The second kappa shape index (κ2) is 6.51. The lowest BCUT2D eigenvalue weighted by Gasteiger charge is -2.00. The number of aliphatic hydroxyl groups is 1. The van der Waals surface area contributed by atoms with Gasteiger partial charge in [0.05, 0.1) is 11.0 Å². The highest BCUT2D eigenvalue weighted by atomic mass is 16.6. The Bertz CT molecular complexity index is 371. The summed E-state index contributed by atoms with van der Waals surface area (Å²) in [6, 6.07) is 6.94. The fourth-order valence-electron chi connectivity index (χ4n) is 0.883. The van der Waals surface area contributed by atoms with E-state index >= 15 is 0 Å². The van der Waals surface area contributed by atoms with Crippen LogP contribution in [-0.4, -0.2) is 10.0 Å². The minimum Gasteiger partial charge on any atom is -0.374 e. The molecule has 0 aliphatic rings. The molecule has 80 valence electrons. The number of nitro benzene ring substituents is 1. The number of rotatable bonds is 2. The lowest BCUT2D eigenvalue weighted by molar-refractivity contribution is -0.385.